The average molecular weight is 187 g/mol. The van der Waals surface area contributed by atoms with Gasteiger partial charge in [0.1, 0.15) is 0 Å². The number of unbranched alkanes of at least 4 members (excludes halogenated alkanes) is 1. The third kappa shape index (κ3) is 9.30. The van der Waals surface area contributed by atoms with Crippen molar-refractivity contribution in [3.8, 4) is 0 Å². The summed E-state index contributed by atoms with van der Waals surface area (Å²) >= 11 is 0. The first-order valence-electron chi connectivity index (χ1n) is 4.71. The Labute approximate surface area is 80.0 Å². The molecule has 0 atom stereocenters. The van der Waals surface area contributed by atoms with Crippen molar-refractivity contribution in [3.05, 3.63) is 0 Å². The van der Waals surface area contributed by atoms with Gasteiger partial charge in [-0.2, -0.15) is 0 Å². The van der Waals surface area contributed by atoms with Crippen molar-refractivity contribution in [2.24, 2.45) is 11.5 Å². The van der Waals surface area contributed by atoms with Gasteiger partial charge in [-0.25, -0.2) is 0 Å². The van der Waals surface area contributed by atoms with E-state index in [-0.39, 0.29) is 5.91 Å². The molecule has 1 amide bonds. The lowest BCUT2D eigenvalue weighted by molar-refractivity contribution is -0.122. The summed E-state index contributed by atoms with van der Waals surface area (Å²) in [6.07, 6.45) is 2.26. The lowest BCUT2D eigenvalue weighted by atomic mass is 10.0. The number of carbonyl (C=O) groups is 1. The molecule has 0 unspecified atom stereocenters. The molecule has 4 heteroatoms. The lowest BCUT2D eigenvalue weighted by Gasteiger charge is -2.17. The topological polar surface area (TPSA) is 81.1 Å². The molecule has 5 N–H and O–H groups in total. The van der Waals surface area contributed by atoms with Crippen LogP contribution in [0.4, 0.5) is 0 Å². The Hall–Kier alpha value is -0.610. The number of nitrogens with one attached hydrogen (secondary N) is 1. The first-order chi connectivity index (χ1) is 5.95. The Balaban J connectivity index is 3.41. The van der Waals surface area contributed by atoms with Gasteiger partial charge >= 0.3 is 0 Å². The predicted octanol–water partition coefficient (Wildman–Crippen LogP) is -0.0311. The summed E-state index contributed by atoms with van der Waals surface area (Å²) in [7, 11) is 0. The molecule has 0 aromatic carbocycles. The highest BCUT2D eigenvalue weighted by atomic mass is 16.1. The largest absolute Gasteiger partial charge is 0.356 e. The van der Waals surface area contributed by atoms with Gasteiger partial charge in [-0.1, -0.05) is 0 Å². The number of hydrogen-bond acceptors (Lipinski definition) is 3. The van der Waals surface area contributed by atoms with Crippen molar-refractivity contribution in [2.75, 3.05) is 13.1 Å². The number of amides is 1. The molecular formula is C9H21N3O. The van der Waals surface area contributed by atoms with Crippen LogP contribution in [-0.2, 0) is 4.79 Å². The second kappa shape index (κ2) is 5.94. The highest BCUT2D eigenvalue weighted by Crippen LogP contribution is 2.02. The van der Waals surface area contributed by atoms with Crippen LogP contribution in [0.1, 0.15) is 33.1 Å². The molecule has 0 spiro atoms. The van der Waals surface area contributed by atoms with Crippen LogP contribution in [0.3, 0.4) is 0 Å². The molecule has 0 heterocycles. The molecule has 0 aromatic rings. The Kier molecular flexibility index (Phi) is 5.66. The normalized spacial score (nSPS) is 11.4. The third-order valence-corrected chi connectivity index (χ3v) is 1.57. The average Bonchev–Trinajstić information content (AvgIpc) is 1.94. The van der Waals surface area contributed by atoms with Crippen LogP contribution < -0.4 is 16.8 Å². The molecule has 0 rings (SSSR count). The molecule has 0 aliphatic heterocycles. The summed E-state index contributed by atoms with van der Waals surface area (Å²) in [4.78, 5) is 11.2. The van der Waals surface area contributed by atoms with E-state index in [0.717, 1.165) is 12.8 Å². The number of hydrogen-bond donors (Lipinski definition) is 3. The Morgan fingerprint density at radius 1 is 1.38 bits per heavy atom. The summed E-state index contributed by atoms with van der Waals surface area (Å²) in [6.45, 7) is 5.06. The molecule has 4 nitrogen and oxygen atoms in total. The zero-order valence-electron chi connectivity index (χ0n) is 8.60. The minimum absolute atomic E-state index is 0.0181. The van der Waals surface area contributed by atoms with Gasteiger partial charge in [0.05, 0.1) is 0 Å². The van der Waals surface area contributed by atoms with Crippen LogP contribution in [0.25, 0.3) is 0 Å². The molecule has 0 saturated carbocycles. The molecule has 0 fully saturated rings. The summed E-state index contributed by atoms with van der Waals surface area (Å²) in [6, 6.07) is 0. The maximum Gasteiger partial charge on any atom is 0.221 e. The molecule has 0 saturated heterocycles. The zero-order chi connectivity index (χ0) is 10.3. The minimum atomic E-state index is -0.419. The summed E-state index contributed by atoms with van der Waals surface area (Å²) in [5.41, 5.74) is 10.6. The Morgan fingerprint density at radius 2 is 2.00 bits per heavy atom. The van der Waals surface area contributed by atoms with Crippen molar-refractivity contribution in [2.45, 2.75) is 38.6 Å². The second-order valence-electron chi connectivity index (χ2n) is 4.01. The fourth-order valence-electron chi connectivity index (χ4n) is 0.973. The standard InChI is InChI=1S/C9H21N3O/c1-9(2,11)7-8(13)12-6-4-3-5-10/h3-7,10-11H2,1-2H3,(H,12,13). The van der Waals surface area contributed by atoms with Crippen LogP contribution in [-0.4, -0.2) is 24.5 Å². The quantitative estimate of drug-likeness (QED) is 0.511. The summed E-state index contributed by atoms with van der Waals surface area (Å²) in [5, 5.41) is 2.80. The van der Waals surface area contributed by atoms with E-state index in [9.17, 15) is 4.79 Å². The van der Waals surface area contributed by atoms with Gasteiger partial charge in [-0.15, -0.1) is 0 Å². The second-order valence-corrected chi connectivity index (χ2v) is 4.01. The first kappa shape index (κ1) is 12.4. The van der Waals surface area contributed by atoms with E-state index < -0.39 is 5.54 Å². The van der Waals surface area contributed by atoms with Crippen LogP contribution in [0.2, 0.25) is 0 Å². The monoisotopic (exact) mass is 187 g/mol. The van der Waals surface area contributed by atoms with Gasteiger partial charge in [0, 0.05) is 18.5 Å². The van der Waals surface area contributed by atoms with Crippen molar-refractivity contribution in [1.29, 1.82) is 0 Å². The number of carbonyl (C=O) groups excluding carboxylic acids is 1. The van der Waals surface area contributed by atoms with Gasteiger partial charge in [0.25, 0.3) is 0 Å². The van der Waals surface area contributed by atoms with Crippen molar-refractivity contribution < 1.29 is 4.79 Å². The maximum absolute atomic E-state index is 11.2. The smallest absolute Gasteiger partial charge is 0.221 e. The molecule has 0 bridgehead atoms. The van der Waals surface area contributed by atoms with Crippen LogP contribution >= 0.6 is 0 Å². The third-order valence-electron chi connectivity index (χ3n) is 1.57. The molecule has 13 heavy (non-hydrogen) atoms. The highest BCUT2D eigenvalue weighted by molar-refractivity contribution is 5.76. The SMILES string of the molecule is CC(C)(N)CC(=O)NCCCCN. The summed E-state index contributed by atoms with van der Waals surface area (Å²) in [5.74, 6) is 0.0181. The van der Waals surface area contributed by atoms with E-state index in [0.29, 0.717) is 19.5 Å². The number of rotatable bonds is 6. The Morgan fingerprint density at radius 3 is 2.46 bits per heavy atom. The van der Waals surface area contributed by atoms with Gasteiger partial charge < -0.3 is 16.8 Å². The zero-order valence-corrected chi connectivity index (χ0v) is 8.60. The lowest BCUT2D eigenvalue weighted by Crippen LogP contribution is -2.39. The maximum atomic E-state index is 11.2. The molecular weight excluding hydrogens is 166 g/mol. The van der Waals surface area contributed by atoms with Gasteiger partial charge in [0.15, 0.2) is 0 Å². The minimum Gasteiger partial charge on any atom is -0.356 e. The van der Waals surface area contributed by atoms with Gasteiger partial charge in [-0.05, 0) is 33.2 Å². The van der Waals surface area contributed by atoms with Crippen LogP contribution in [0, 0.1) is 0 Å². The van der Waals surface area contributed by atoms with E-state index >= 15 is 0 Å². The molecule has 0 aromatic heterocycles. The van der Waals surface area contributed by atoms with Crippen molar-refractivity contribution in [1.82, 2.24) is 5.32 Å². The van der Waals surface area contributed by atoms with Crippen LogP contribution in [0.15, 0.2) is 0 Å². The molecule has 0 aliphatic rings. The summed E-state index contributed by atoms with van der Waals surface area (Å²) < 4.78 is 0. The molecule has 0 radical (unpaired) electrons. The Bertz CT molecular complexity index is 151. The van der Waals surface area contributed by atoms with E-state index in [4.69, 9.17) is 11.5 Å². The fraction of sp³-hybridized carbons (Fsp3) is 0.889. The van der Waals surface area contributed by atoms with Gasteiger partial charge in [0.2, 0.25) is 5.91 Å². The van der Waals surface area contributed by atoms with E-state index in [1.807, 2.05) is 13.8 Å². The predicted molar refractivity (Wildman–Crippen MR) is 54.2 cm³/mol. The van der Waals surface area contributed by atoms with E-state index in [1.165, 1.54) is 0 Å². The molecule has 78 valence electrons. The van der Waals surface area contributed by atoms with E-state index in [1.54, 1.807) is 0 Å². The number of nitrogens with two attached hydrogens (primary N) is 2. The first-order valence-corrected chi connectivity index (χ1v) is 4.71. The fourth-order valence-corrected chi connectivity index (χ4v) is 0.973. The van der Waals surface area contributed by atoms with Crippen molar-refractivity contribution in [3.63, 3.8) is 0 Å². The van der Waals surface area contributed by atoms with Crippen LogP contribution in [0.5, 0.6) is 0 Å². The molecule has 0 aliphatic carbocycles. The van der Waals surface area contributed by atoms with E-state index in [2.05, 4.69) is 5.32 Å². The van der Waals surface area contributed by atoms with Gasteiger partial charge in [-0.3, -0.25) is 4.79 Å². The van der Waals surface area contributed by atoms with Crippen molar-refractivity contribution >= 4 is 5.91 Å². The highest BCUT2D eigenvalue weighted by Gasteiger charge is 2.15.